The van der Waals surface area contributed by atoms with E-state index >= 15 is 0 Å². The molecule has 10 rings (SSSR count). The molecule has 0 radical (unpaired) electrons. The lowest BCUT2D eigenvalue weighted by molar-refractivity contribution is 0.0871. The van der Waals surface area contributed by atoms with E-state index in [0.29, 0.717) is 0 Å². The van der Waals surface area contributed by atoms with Crippen molar-refractivity contribution in [1.29, 1.82) is 0 Å². The van der Waals surface area contributed by atoms with Crippen molar-refractivity contribution in [3.8, 4) is 0 Å². The fourth-order valence-corrected chi connectivity index (χ4v) is 7.94. The summed E-state index contributed by atoms with van der Waals surface area (Å²) in [7, 11) is 0. The Hall–Kier alpha value is -7.46. The number of ketones is 4. The summed E-state index contributed by atoms with van der Waals surface area (Å²) < 4.78 is 0. The van der Waals surface area contributed by atoms with Gasteiger partial charge in [-0.15, -0.1) is 0 Å². The average molecular weight is 679 g/mol. The number of nitrogens with zero attached hydrogens (tertiary/aromatic N) is 2. The number of carbonyl (C=O) groups excluding carboxylic acids is 8. The van der Waals surface area contributed by atoms with Crippen LogP contribution in [0.2, 0.25) is 0 Å². The Labute approximate surface area is 292 Å². The van der Waals surface area contributed by atoms with Gasteiger partial charge in [-0.1, -0.05) is 72.8 Å². The number of carbonyl (C=O) groups is 8. The highest BCUT2D eigenvalue weighted by atomic mass is 16.2. The van der Waals surface area contributed by atoms with Crippen molar-refractivity contribution in [2.24, 2.45) is 0 Å². The molecule has 10 heteroatoms. The molecule has 0 bridgehead atoms. The minimum atomic E-state index is -0.809. The van der Waals surface area contributed by atoms with Crippen molar-refractivity contribution in [2.45, 2.75) is 0 Å². The van der Waals surface area contributed by atoms with Crippen molar-refractivity contribution < 1.29 is 38.4 Å². The van der Waals surface area contributed by atoms with Crippen molar-refractivity contribution >= 4 is 68.9 Å². The molecule has 244 valence electrons. The molecule has 0 unspecified atom stereocenters. The maximum absolute atomic E-state index is 14.3. The van der Waals surface area contributed by atoms with E-state index in [0.717, 1.165) is 9.80 Å². The minimum absolute atomic E-state index is 0.00584. The summed E-state index contributed by atoms with van der Waals surface area (Å²) >= 11 is 0. The van der Waals surface area contributed by atoms with Crippen LogP contribution in [0.1, 0.15) is 105 Å². The van der Waals surface area contributed by atoms with Gasteiger partial charge in [0.05, 0.1) is 22.5 Å². The second kappa shape index (κ2) is 10.1. The molecule has 10 nitrogen and oxygen atoms in total. The second-order valence-corrected chi connectivity index (χ2v) is 12.8. The van der Waals surface area contributed by atoms with Gasteiger partial charge in [0.15, 0.2) is 23.1 Å². The third-order valence-corrected chi connectivity index (χ3v) is 10.2. The van der Waals surface area contributed by atoms with Crippen LogP contribution in [-0.2, 0) is 0 Å². The molecule has 0 atom stereocenters. The topological polar surface area (TPSA) is 143 Å². The molecular formula is C42H18N2O8. The molecule has 52 heavy (non-hydrogen) atoms. The van der Waals surface area contributed by atoms with Crippen LogP contribution >= 0.6 is 0 Å². The molecule has 0 saturated carbocycles. The molecule has 2 heterocycles. The highest BCUT2D eigenvalue weighted by Crippen LogP contribution is 2.43. The molecular weight excluding hydrogens is 660 g/mol. The Morgan fingerprint density at radius 3 is 0.885 bits per heavy atom. The van der Waals surface area contributed by atoms with Crippen LogP contribution in [0.4, 0.5) is 11.4 Å². The Morgan fingerprint density at radius 1 is 0.269 bits per heavy atom. The minimum Gasteiger partial charge on any atom is -0.289 e. The van der Waals surface area contributed by atoms with E-state index in [1.54, 1.807) is 36.4 Å². The van der Waals surface area contributed by atoms with Crippen LogP contribution in [0.25, 0.3) is 10.8 Å². The smallest absolute Gasteiger partial charge is 0.266 e. The Balaban J connectivity index is 1.11. The van der Waals surface area contributed by atoms with Gasteiger partial charge in [-0.2, -0.15) is 0 Å². The third kappa shape index (κ3) is 3.51. The van der Waals surface area contributed by atoms with Gasteiger partial charge in [-0.3, -0.25) is 38.4 Å². The summed E-state index contributed by atoms with van der Waals surface area (Å²) in [5.41, 5.74) is 0.600. The molecule has 6 aromatic rings. The van der Waals surface area contributed by atoms with Gasteiger partial charge in [0.2, 0.25) is 0 Å². The lowest BCUT2D eigenvalue weighted by atomic mass is 9.81. The highest BCUT2D eigenvalue weighted by Gasteiger charge is 2.44. The summed E-state index contributed by atoms with van der Waals surface area (Å²) in [6.07, 6.45) is 0. The fourth-order valence-electron chi connectivity index (χ4n) is 7.94. The number of imide groups is 2. The van der Waals surface area contributed by atoms with Gasteiger partial charge in [0.25, 0.3) is 23.6 Å². The van der Waals surface area contributed by atoms with Crippen LogP contribution in [0.15, 0.2) is 109 Å². The monoisotopic (exact) mass is 678 g/mol. The zero-order chi connectivity index (χ0) is 35.7. The first-order valence-corrected chi connectivity index (χ1v) is 16.2. The average Bonchev–Trinajstić information content (AvgIpc) is 3.17. The Bertz CT molecular complexity index is 2600. The van der Waals surface area contributed by atoms with Crippen LogP contribution < -0.4 is 9.80 Å². The predicted molar refractivity (Wildman–Crippen MR) is 186 cm³/mol. The highest BCUT2D eigenvalue weighted by molar-refractivity contribution is 6.44. The summed E-state index contributed by atoms with van der Waals surface area (Å²) in [6.45, 7) is 0. The van der Waals surface area contributed by atoms with E-state index in [4.69, 9.17) is 0 Å². The SMILES string of the molecule is O=C1c2ccccc2C(=O)c2c1cccc2N1C(=O)c2ccc3c4c(ccc(c24)C1=O)C(=O)N(c1cccc2c1C(=O)c1ccccc1C2=O)C3=O. The number of hydrogen-bond donors (Lipinski definition) is 0. The van der Waals surface area contributed by atoms with Gasteiger partial charge in [0, 0.05) is 66.4 Å². The van der Waals surface area contributed by atoms with Gasteiger partial charge in [0.1, 0.15) is 0 Å². The first kappa shape index (κ1) is 29.5. The Morgan fingerprint density at radius 2 is 0.558 bits per heavy atom. The molecule has 0 saturated heterocycles. The van der Waals surface area contributed by atoms with Crippen LogP contribution in [0.3, 0.4) is 0 Å². The van der Waals surface area contributed by atoms with Crippen molar-refractivity contribution in [3.05, 3.63) is 176 Å². The molecule has 4 aliphatic rings. The zero-order valence-corrected chi connectivity index (χ0v) is 26.6. The van der Waals surface area contributed by atoms with E-state index in [1.165, 1.54) is 72.8 Å². The molecule has 0 aromatic heterocycles. The number of hydrogen-bond acceptors (Lipinski definition) is 8. The molecule has 0 fully saturated rings. The molecule has 0 spiro atoms. The fraction of sp³-hybridized carbons (Fsp3) is 0. The lowest BCUT2D eigenvalue weighted by Gasteiger charge is -2.33. The summed E-state index contributed by atoms with van der Waals surface area (Å²) in [5, 5.41) is 0.186. The molecule has 4 amide bonds. The van der Waals surface area contributed by atoms with E-state index in [2.05, 4.69) is 0 Å². The largest absolute Gasteiger partial charge is 0.289 e. The van der Waals surface area contributed by atoms with Crippen LogP contribution in [0.5, 0.6) is 0 Å². The standard InChI is InChI=1S/C42H18N2O8/c45-35-19-7-1-3-9-21(19)37(47)33-23(35)11-5-13-29(33)43-39(49)25-15-17-27-32-28(18-16-26(31(25)32)40(43)50)42(52)44(41(27)51)30-14-6-12-24-34(30)38(48)22-10-4-2-8-20(22)36(24)46/h1-18H. The van der Waals surface area contributed by atoms with Crippen molar-refractivity contribution in [1.82, 2.24) is 0 Å². The first-order chi connectivity index (χ1) is 25.2. The van der Waals surface area contributed by atoms with E-state index in [1.807, 2.05) is 0 Å². The number of fused-ring (bicyclic) bond motifs is 4. The number of rotatable bonds is 2. The van der Waals surface area contributed by atoms with Crippen LogP contribution in [-0.4, -0.2) is 46.8 Å². The van der Waals surface area contributed by atoms with Gasteiger partial charge < -0.3 is 0 Å². The molecule has 2 aliphatic heterocycles. The van der Waals surface area contributed by atoms with Crippen molar-refractivity contribution in [2.75, 3.05) is 9.80 Å². The van der Waals surface area contributed by atoms with E-state index in [-0.39, 0.29) is 88.9 Å². The maximum atomic E-state index is 14.3. The Kier molecular flexibility index (Phi) is 5.69. The summed E-state index contributed by atoms with van der Waals surface area (Å²) in [5.74, 6) is -5.10. The van der Waals surface area contributed by atoms with Crippen LogP contribution in [0, 0.1) is 0 Å². The van der Waals surface area contributed by atoms with E-state index < -0.39 is 46.8 Å². The predicted octanol–water partition coefficient (Wildman–Crippen LogP) is 5.99. The molecule has 2 aliphatic carbocycles. The normalized spacial score (nSPS) is 15.5. The summed E-state index contributed by atoms with van der Waals surface area (Å²) in [4.78, 5) is 113. The number of benzene rings is 6. The van der Waals surface area contributed by atoms with Gasteiger partial charge in [-0.25, -0.2) is 9.80 Å². The van der Waals surface area contributed by atoms with Gasteiger partial charge >= 0.3 is 0 Å². The maximum Gasteiger partial charge on any atom is 0.266 e. The van der Waals surface area contributed by atoms with Gasteiger partial charge in [-0.05, 0) is 36.4 Å². The zero-order valence-electron chi connectivity index (χ0n) is 26.6. The number of amides is 4. The molecule has 0 N–H and O–H groups in total. The third-order valence-electron chi connectivity index (χ3n) is 10.2. The van der Waals surface area contributed by atoms with E-state index in [9.17, 15) is 38.4 Å². The molecule has 6 aromatic carbocycles. The second-order valence-electron chi connectivity index (χ2n) is 12.8. The number of anilines is 2. The lowest BCUT2D eigenvalue weighted by Crippen LogP contribution is -2.44. The first-order valence-electron chi connectivity index (χ1n) is 16.2. The van der Waals surface area contributed by atoms with Crippen molar-refractivity contribution in [3.63, 3.8) is 0 Å². The summed E-state index contributed by atoms with van der Waals surface area (Å²) in [6, 6.07) is 27.0. The quantitative estimate of drug-likeness (QED) is 0.203.